The van der Waals surface area contributed by atoms with Gasteiger partial charge < -0.3 is 9.30 Å². The molecule has 3 nitrogen and oxygen atoms in total. The number of rotatable bonds is 4. The Morgan fingerprint density at radius 2 is 2.30 bits per heavy atom. The van der Waals surface area contributed by atoms with E-state index in [2.05, 4.69) is 37.3 Å². The molecule has 3 aromatic heterocycles. The molecule has 0 unspecified atom stereocenters. The minimum atomic E-state index is 0.443. The Morgan fingerprint density at radius 1 is 1.45 bits per heavy atom. The van der Waals surface area contributed by atoms with Gasteiger partial charge >= 0.3 is 0 Å². The number of fused-ring (bicyclic) bond motifs is 1. The zero-order valence-corrected chi connectivity index (χ0v) is 14.0. The van der Waals surface area contributed by atoms with Gasteiger partial charge in [0, 0.05) is 28.0 Å². The minimum Gasteiger partial charge on any atom is -0.353 e. The van der Waals surface area contributed by atoms with E-state index in [-0.39, 0.29) is 0 Å². The average molecular weight is 371 g/mol. The number of alkyl halides is 1. The summed E-state index contributed by atoms with van der Waals surface area (Å²) in [6.45, 7) is 0.823. The van der Waals surface area contributed by atoms with Crippen LogP contribution in [0.1, 0.15) is 10.6 Å². The minimum absolute atomic E-state index is 0.443. The molecule has 0 aliphatic rings. The van der Waals surface area contributed by atoms with Gasteiger partial charge in [-0.2, -0.15) is 0 Å². The Labute approximate surface area is 134 Å². The number of imidazole rings is 1. The van der Waals surface area contributed by atoms with E-state index in [1.54, 1.807) is 11.3 Å². The van der Waals surface area contributed by atoms with Crippen molar-refractivity contribution >= 4 is 50.3 Å². The van der Waals surface area contributed by atoms with Gasteiger partial charge in [0.05, 0.1) is 18.1 Å². The highest BCUT2D eigenvalue weighted by molar-refractivity contribution is 9.10. The van der Waals surface area contributed by atoms with Gasteiger partial charge in [0.25, 0.3) is 0 Å². The normalized spacial score (nSPS) is 11.2. The van der Waals surface area contributed by atoms with Crippen LogP contribution in [0, 0.1) is 0 Å². The van der Waals surface area contributed by atoms with Crippen LogP contribution in [0.2, 0.25) is 0 Å². The van der Waals surface area contributed by atoms with Gasteiger partial charge in [-0.25, -0.2) is 4.98 Å². The molecule has 0 fully saturated rings. The van der Waals surface area contributed by atoms with Crippen LogP contribution in [0.5, 0.6) is 0 Å². The molecule has 0 aromatic carbocycles. The van der Waals surface area contributed by atoms with E-state index in [1.165, 1.54) is 4.88 Å². The summed E-state index contributed by atoms with van der Waals surface area (Å²) in [4.78, 5) is 8.11. The van der Waals surface area contributed by atoms with Crippen LogP contribution in [0.4, 0.5) is 5.82 Å². The average Bonchev–Trinajstić information content (AvgIpc) is 3.01. The molecule has 0 radical (unpaired) electrons. The second kappa shape index (κ2) is 5.76. The molecule has 20 heavy (non-hydrogen) atoms. The Bertz CT molecular complexity index is 737. The van der Waals surface area contributed by atoms with Crippen LogP contribution in [0.15, 0.2) is 40.3 Å². The van der Waals surface area contributed by atoms with Gasteiger partial charge in [-0.05, 0) is 34.1 Å². The Morgan fingerprint density at radius 3 is 3.00 bits per heavy atom. The lowest BCUT2D eigenvalue weighted by Crippen LogP contribution is -2.17. The molecule has 6 heteroatoms. The molecule has 0 saturated heterocycles. The fourth-order valence-electron chi connectivity index (χ4n) is 2.21. The maximum Gasteiger partial charge on any atom is 0.152 e. The van der Waals surface area contributed by atoms with Crippen molar-refractivity contribution in [3.8, 4) is 0 Å². The molecule has 0 saturated carbocycles. The molecule has 3 aromatic rings. The van der Waals surface area contributed by atoms with Gasteiger partial charge in [-0.15, -0.1) is 22.9 Å². The summed E-state index contributed by atoms with van der Waals surface area (Å²) in [5.41, 5.74) is 1.96. The summed E-state index contributed by atoms with van der Waals surface area (Å²) < 4.78 is 3.17. The first-order valence-corrected chi connectivity index (χ1v) is 8.35. The second-order valence-electron chi connectivity index (χ2n) is 4.53. The highest BCUT2D eigenvalue weighted by Gasteiger charge is 2.15. The Balaban J connectivity index is 1.96. The third-order valence-corrected chi connectivity index (χ3v) is 5.05. The van der Waals surface area contributed by atoms with Crippen LogP contribution >= 0.6 is 38.9 Å². The largest absolute Gasteiger partial charge is 0.353 e. The fraction of sp³-hybridized carbons (Fsp3) is 0.214. The smallest absolute Gasteiger partial charge is 0.152 e. The second-order valence-corrected chi connectivity index (χ2v) is 6.71. The lowest BCUT2D eigenvalue weighted by atomic mass is 10.4. The van der Waals surface area contributed by atoms with Gasteiger partial charge in [0.15, 0.2) is 5.82 Å². The molecular formula is C14H13BrClN3S. The topological polar surface area (TPSA) is 20.5 Å². The lowest BCUT2D eigenvalue weighted by molar-refractivity contribution is 0.908. The number of nitrogens with zero attached hydrogens (tertiary/aromatic N) is 3. The highest BCUT2D eigenvalue weighted by atomic mass is 79.9. The monoisotopic (exact) mass is 369 g/mol. The van der Waals surface area contributed by atoms with E-state index in [1.807, 2.05) is 35.8 Å². The summed E-state index contributed by atoms with van der Waals surface area (Å²) in [6, 6.07) is 8.11. The molecule has 3 rings (SSSR count). The van der Waals surface area contributed by atoms with Gasteiger partial charge in [-0.3, -0.25) is 0 Å². The van der Waals surface area contributed by atoms with Crippen molar-refractivity contribution in [1.82, 2.24) is 9.38 Å². The molecule has 0 amide bonds. The maximum atomic E-state index is 6.11. The van der Waals surface area contributed by atoms with Crippen LogP contribution in [0.25, 0.3) is 5.65 Å². The van der Waals surface area contributed by atoms with Gasteiger partial charge in [0.1, 0.15) is 5.65 Å². The number of pyridine rings is 1. The van der Waals surface area contributed by atoms with Gasteiger partial charge in [-0.1, -0.05) is 6.07 Å². The van der Waals surface area contributed by atoms with Crippen molar-refractivity contribution in [2.45, 2.75) is 12.4 Å². The van der Waals surface area contributed by atoms with E-state index in [0.717, 1.165) is 28.2 Å². The van der Waals surface area contributed by atoms with E-state index in [4.69, 9.17) is 11.6 Å². The Kier molecular flexibility index (Phi) is 4.01. The number of halogens is 2. The number of thiophene rings is 1. The number of hydrogen-bond donors (Lipinski definition) is 0. The molecular weight excluding hydrogens is 358 g/mol. The Hall–Kier alpha value is -1.04. The molecule has 104 valence electrons. The van der Waals surface area contributed by atoms with Crippen LogP contribution < -0.4 is 4.90 Å². The molecule has 0 aliphatic heterocycles. The summed E-state index contributed by atoms with van der Waals surface area (Å²) in [6.07, 6.45) is 2.00. The molecule has 0 spiro atoms. The molecule has 0 aliphatic carbocycles. The predicted octanol–water partition coefficient (Wildman–Crippen LogP) is 4.53. The molecule has 0 N–H and O–H groups in total. The zero-order valence-electron chi connectivity index (χ0n) is 10.9. The summed E-state index contributed by atoms with van der Waals surface area (Å²) in [5, 5.41) is 2.09. The van der Waals surface area contributed by atoms with E-state index in [0.29, 0.717) is 5.88 Å². The number of anilines is 1. The first-order chi connectivity index (χ1) is 9.69. The first kappa shape index (κ1) is 13.9. The van der Waals surface area contributed by atoms with Crippen LogP contribution in [-0.4, -0.2) is 16.4 Å². The van der Waals surface area contributed by atoms with Crippen LogP contribution in [-0.2, 0) is 12.4 Å². The zero-order chi connectivity index (χ0) is 14.1. The first-order valence-electron chi connectivity index (χ1n) is 6.15. The third-order valence-electron chi connectivity index (χ3n) is 3.11. The summed E-state index contributed by atoms with van der Waals surface area (Å²) in [5.74, 6) is 1.38. The molecule has 3 heterocycles. The van der Waals surface area contributed by atoms with E-state index >= 15 is 0 Å². The van der Waals surface area contributed by atoms with Crippen LogP contribution in [0.3, 0.4) is 0 Å². The fourth-order valence-corrected chi connectivity index (χ4v) is 3.96. The maximum absolute atomic E-state index is 6.11. The van der Waals surface area contributed by atoms with Crippen molar-refractivity contribution < 1.29 is 0 Å². The number of hydrogen-bond acceptors (Lipinski definition) is 3. The lowest BCUT2D eigenvalue weighted by Gasteiger charge is -2.16. The predicted molar refractivity (Wildman–Crippen MR) is 88.9 cm³/mol. The summed E-state index contributed by atoms with van der Waals surface area (Å²) >= 11 is 11.3. The van der Waals surface area contributed by atoms with Crippen molar-refractivity contribution in [2.75, 3.05) is 11.9 Å². The highest BCUT2D eigenvalue weighted by Crippen LogP contribution is 2.26. The van der Waals surface area contributed by atoms with Crippen molar-refractivity contribution in [2.24, 2.45) is 0 Å². The quantitative estimate of drug-likeness (QED) is 0.629. The SMILES string of the molecule is CN(Cc1cc(Br)cs1)c1nc2ccccn2c1CCl. The van der Waals surface area contributed by atoms with Crippen molar-refractivity contribution in [3.05, 3.63) is 50.9 Å². The van der Waals surface area contributed by atoms with Crippen molar-refractivity contribution in [1.29, 1.82) is 0 Å². The standard InChI is InChI=1S/C14H13BrClN3S/c1-18(8-11-6-10(15)9-20-11)14-12(7-16)19-5-3-2-4-13(19)17-14/h2-6,9H,7-8H2,1H3. The molecule has 0 atom stereocenters. The third kappa shape index (κ3) is 2.57. The van der Waals surface area contributed by atoms with Gasteiger partial charge in [0.2, 0.25) is 0 Å². The van der Waals surface area contributed by atoms with Crippen molar-refractivity contribution in [3.63, 3.8) is 0 Å². The van der Waals surface area contributed by atoms with E-state index in [9.17, 15) is 0 Å². The molecule has 0 bridgehead atoms. The number of aromatic nitrogens is 2. The summed E-state index contributed by atoms with van der Waals surface area (Å²) in [7, 11) is 2.05. The van der Waals surface area contributed by atoms with E-state index < -0.39 is 0 Å².